The summed E-state index contributed by atoms with van der Waals surface area (Å²) < 4.78 is 1.79. The van der Waals surface area contributed by atoms with E-state index < -0.39 is 6.23 Å². The summed E-state index contributed by atoms with van der Waals surface area (Å²) in [7, 11) is 0. The third kappa shape index (κ3) is 2.64. The molecule has 1 atom stereocenters. The molecule has 0 spiro atoms. The SMILES string of the molecule is CC1=CC(=O)N(c2cc(-c3ccccc3)n(-c3ccccc3)n2)C1O. The molecule has 1 unspecified atom stereocenters. The van der Waals surface area contributed by atoms with Gasteiger partial charge in [0.1, 0.15) is 0 Å². The van der Waals surface area contributed by atoms with E-state index in [1.165, 1.54) is 11.0 Å². The predicted octanol–water partition coefficient (Wildman–Crippen LogP) is 3.15. The fourth-order valence-corrected chi connectivity index (χ4v) is 2.97. The monoisotopic (exact) mass is 331 g/mol. The first-order valence-electron chi connectivity index (χ1n) is 8.05. The van der Waals surface area contributed by atoms with Gasteiger partial charge >= 0.3 is 0 Å². The molecule has 0 saturated carbocycles. The molecular weight excluding hydrogens is 314 g/mol. The van der Waals surface area contributed by atoms with E-state index in [1.54, 1.807) is 11.6 Å². The second kappa shape index (κ2) is 6.03. The largest absolute Gasteiger partial charge is 0.369 e. The zero-order valence-corrected chi connectivity index (χ0v) is 13.7. The molecule has 5 heteroatoms. The first-order chi connectivity index (χ1) is 12.1. The fraction of sp³-hybridized carbons (Fsp3) is 0.100. The smallest absolute Gasteiger partial charge is 0.254 e. The van der Waals surface area contributed by atoms with Gasteiger partial charge in [-0.2, -0.15) is 0 Å². The highest BCUT2D eigenvalue weighted by molar-refractivity contribution is 6.05. The van der Waals surface area contributed by atoms with Crippen LogP contribution in [-0.4, -0.2) is 27.0 Å². The molecule has 1 amide bonds. The highest BCUT2D eigenvalue weighted by atomic mass is 16.3. The highest BCUT2D eigenvalue weighted by Gasteiger charge is 2.32. The van der Waals surface area contributed by atoms with Crippen molar-refractivity contribution in [1.29, 1.82) is 0 Å². The van der Waals surface area contributed by atoms with Crippen LogP contribution in [0.15, 0.2) is 78.4 Å². The molecule has 0 radical (unpaired) electrons. The number of nitrogens with zero attached hydrogens (tertiary/aromatic N) is 3. The van der Waals surface area contributed by atoms with Gasteiger partial charge in [0.25, 0.3) is 5.91 Å². The Hall–Kier alpha value is -3.18. The molecule has 1 aromatic heterocycles. The van der Waals surface area contributed by atoms with Gasteiger partial charge in [-0.3, -0.25) is 9.69 Å². The maximum absolute atomic E-state index is 12.2. The predicted molar refractivity (Wildman–Crippen MR) is 96.2 cm³/mol. The van der Waals surface area contributed by atoms with E-state index in [4.69, 9.17) is 0 Å². The minimum atomic E-state index is -0.977. The van der Waals surface area contributed by atoms with Crippen LogP contribution in [0.2, 0.25) is 0 Å². The number of carbonyl (C=O) groups excluding carboxylic acids is 1. The maximum atomic E-state index is 12.2. The van der Waals surface area contributed by atoms with Gasteiger partial charge in [0, 0.05) is 17.7 Å². The molecule has 124 valence electrons. The standard InChI is InChI=1S/C20H17N3O2/c1-14-12-19(24)22(20(14)25)18-13-17(15-8-4-2-5-9-15)23(21-18)16-10-6-3-7-11-16/h2-13,20,25H,1H3. The van der Waals surface area contributed by atoms with E-state index in [-0.39, 0.29) is 5.91 Å². The van der Waals surface area contributed by atoms with Crippen LogP contribution >= 0.6 is 0 Å². The van der Waals surface area contributed by atoms with E-state index >= 15 is 0 Å². The molecule has 0 fully saturated rings. The first-order valence-corrected chi connectivity index (χ1v) is 8.05. The Morgan fingerprint density at radius 3 is 2.24 bits per heavy atom. The van der Waals surface area contributed by atoms with Gasteiger partial charge < -0.3 is 5.11 Å². The van der Waals surface area contributed by atoms with Crippen molar-refractivity contribution in [3.05, 3.63) is 78.4 Å². The van der Waals surface area contributed by atoms with Gasteiger partial charge in [-0.25, -0.2) is 4.68 Å². The second-order valence-corrected chi connectivity index (χ2v) is 5.97. The lowest BCUT2D eigenvalue weighted by Crippen LogP contribution is -2.35. The summed E-state index contributed by atoms with van der Waals surface area (Å²) in [5.41, 5.74) is 3.33. The van der Waals surface area contributed by atoms with Gasteiger partial charge in [0.05, 0.1) is 11.4 Å². The Morgan fingerprint density at radius 2 is 1.64 bits per heavy atom. The van der Waals surface area contributed by atoms with Crippen molar-refractivity contribution in [1.82, 2.24) is 9.78 Å². The van der Waals surface area contributed by atoms with E-state index in [0.29, 0.717) is 11.4 Å². The second-order valence-electron chi connectivity index (χ2n) is 5.97. The lowest BCUT2D eigenvalue weighted by molar-refractivity contribution is -0.114. The molecule has 1 N–H and O–H groups in total. The third-order valence-electron chi connectivity index (χ3n) is 4.25. The fourth-order valence-electron chi connectivity index (χ4n) is 2.97. The zero-order valence-electron chi connectivity index (χ0n) is 13.7. The number of amides is 1. The van der Waals surface area contributed by atoms with E-state index in [1.807, 2.05) is 66.7 Å². The van der Waals surface area contributed by atoms with Crippen molar-refractivity contribution in [3.63, 3.8) is 0 Å². The third-order valence-corrected chi connectivity index (χ3v) is 4.25. The molecule has 2 aromatic carbocycles. The van der Waals surface area contributed by atoms with Gasteiger partial charge in [-0.1, -0.05) is 48.5 Å². The molecule has 0 bridgehead atoms. The summed E-state index contributed by atoms with van der Waals surface area (Å²) in [6.45, 7) is 1.73. The number of rotatable bonds is 3. The van der Waals surface area contributed by atoms with E-state index in [9.17, 15) is 9.90 Å². The van der Waals surface area contributed by atoms with Gasteiger partial charge in [0.15, 0.2) is 12.0 Å². The maximum Gasteiger partial charge on any atom is 0.254 e. The summed E-state index contributed by atoms with van der Waals surface area (Å²) >= 11 is 0. The Morgan fingerprint density at radius 1 is 1.00 bits per heavy atom. The number of hydrogen-bond acceptors (Lipinski definition) is 3. The van der Waals surface area contributed by atoms with Gasteiger partial charge in [-0.15, -0.1) is 5.10 Å². The van der Waals surface area contributed by atoms with Crippen molar-refractivity contribution < 1.29 is 9.90 Å². The number of carbonyl (C=O) groups is 1. The van der Waals surface area contributed by atoms with Crippen LogP contribution in [0.1, 0.15) is 6.92 Å². The zero-order chi connectivity index (χ0) is 17.4. The highest BCUT2D eigenvalue weighted by Crippen LogP contribution is 2.31. The lowest BCUT2D eigenvalue weighted by atomic mass is 10.1. The molecule has 0 aliphatic carbocycles. The Balaban J connectivity index is 1.86. The Kier molecular flexibility index (Phi) is 3.71. The van der Waals surface area contributed by atoms with Crippen molar-refractivity contribution >= 4 is 11.7 Å². The summed E-state index contributed by atoms with van der Waals surface area (Å²) in [6, 6.07) is 21.4. The summed E-state index contributed by atoms with van der Waals surface area (Å²) in [6.07, 6.45) is 0.462. The molecular formula is C20H17N3O2. The number of anilines is 1. The number of hydrogen-bond donors (Lipinski definition) is 1. The average Bonchev–Trinajstić information content (AvgIpc) is 3.18. The topological polar surface area (TPSA) is 58.4 Å². The van der Waals surface area contributed by atoms with Crippen LogP contribution < -0.4 is 4.90 Å². The normalized spacial score (nSPS) is 17.0. The molecule has 4 rings (SSSR count). The van der Waals surface area contributed by atoms with Crippen LogP contribution in [0, 0.1) is 0 Å². The quantitative estimate of drug-likeness (QED) is 0.802. The molecule has 2 heterocycles. The Labute approximate surface area is 145 Å². The number of aliphatic hydroxyl groups excluding tert-OH is 1. The van der Waals surface area contributed by atoms with Crippen LogP contribution in [0.25, 0.3) is 16.9 Å². The molecule has 3 aromatic rings. The number of aromatic nitrogens is 2. The first kappa shape index (κ1) is 15.4. The molecule has 0 saturated heterocycles. The minimum absolute atomic E-state index is 0.262. The number of benzene rings is 2. The van der Waals surface area contributed by atoms with Crippen molar-refractivity contribution in [3.8, 4) is 16.9 Å². The summed E-state index contributed by atoms with van der Waals surface area (Å²) in [5.74, 6) is 0.163. The minimum Gasteiger partial charge on any atom is -0.369 e. The molecule has 5 nitrogen and oxygen atoms in total. The lowest BCUT2D eigenvalue weighted by Gasteiger charge is -2.18. The van der Waals surface area contributed by atoms with Gasteiger partial charge in [-0.05, 0) is 24.6 Å². The Bertz CT molecular complexity index is 889. The summed E-state index contributed by atoms with van der Waals surface area (Å²) in [4.78, 5) is 13.5. The molecule has 1 aliphatic rings. The van der Waals surface area contributed by atoms with Gasteiger partial charge in [0.2, 0.25) is 0 Å². The molecule has 1 aliphatic heterocycles. The van der Waals surface area contributed by atoms with Crippen LogP contribution in [0.4, 0.5) is 5.82 Å². The van der Waals surface area contributed by atoms with Crippen LogP contribution in [0.5, 0.6) is 0 Å². The van der Waals surface area contributed by atoms with Crippen molar-refractivity contribution in [2.24, 2.45) is 0 Å². The molecule has 25 heavy (non-hydrogen) atoms. The van der Waals surface area contributed by atoms with Crippen molar-refractivity contribution in [2.75, 3.05) is 4.90 Å². The van der Waals surface area contributed by atoms with Crippen molar-refractivity contribution in [2.45, 2.75) is 13.2 Å². The average molecular weight is 331 g/mol. The van der Waals surface area contributed by atoms with E-state index in [0.717, 1.165) is 16.9 Å². The van der Waals surface area contributed by atoms with E-state index in [2.05, 4.69) is 5.10 Å². The number of aliphatic hydroxyl groups is 1. The van der Waals surface area contributed by atoms with Crippen LogP contribution in [0.3, 0.4) is 0 Å². The van der Waals surface area contributed by atoms with Crippen LogP contribution in [-0.2, 0) is 4.79 Å². The summed E-state index contributed by atoms with van der Waals surface area (Å²) in [5, 5.41) is 14.9. The number of para-hydroxylation sites is 1.